The number of ether oxygens (including phenoxy) is 1. The van der Waals surface area contributed by atoms with Gasteiger partial charge in [0.05, 0.1) is 5.56 Å². The second kappa shape index (κ2) is 8.59. The van der Waals surface area contributed by atoms with Crippen LogP contribution in [0.25, 0.3) is 0 Å². The lowest BCUT2D eigenvalue weighted by atomic mass is 10.0. The van der Waals surface area contributed by atoms with Crippen molar-refractivity contribution in [2.45, 2.75) is 25.9 Å². The fraction of sp³-hybridized carbons (Fsp3) is 0.278. The molecule has 0 fully saturated rings. The van der Waals surface area contributed by atoms with E-state index in [1.807, 2.05) is 37.3 Å². The van der Waals surface area contributed by atoms with Gasteiger partial charge in [-0.2, -0.15) is 0 Å². The van der Waals surface area contributed by atoms with Crippen molar-refractivity contribution in [3.8, 4) is 0 Å². The van der Waals surface area contributed by atoms with Crippen molar-refractivity contribution in [2.24, 2.45) is 0 Å². The number of carbonyl (C=O) groups is 2. The average molecular weight is 391 g/mol. The number of carbonyl (C=O) groups excluding carboxylic acids is 2. The Bertz CT molecular complexity index is 706. The van der Waals surface area contributed by atoms with Crippen molar-refractivity contribution in [2.75, 3.05) is 6.54 Å². The topological polar surface area (TPSA) is 68.3 Å². The predicted octanol–water partition coefficient (Wildman–Crippen LogP) is 3.31. The van der Waals surface area contributed by atoms with E-state index in [1.165, 1.54) is 6.20 Å². The molecule has 0 aliphatic rings. The fourth-order valence-corrected chi connectivity index (χ4v) is 2.47. The summed E-state index contributed by atoms with van der Waals surface area (Å²) in [4.78, 5) is 28.0. The van der Waals surface area contributed by atoms with Gasteiger partial charge >= 0.3 is 5.97 Å². The Kier molecular flexibility index (Phi) is 6.49. The van der Waals surface area contributed by atoms with Crippen LogP contribution in [0.1, 0.15) is 35.7 Å². The van der Waals surface area contributed by atoms with Crippen LogP contribution < -0.4 is 5.32 Å². The SMILES string of the molecule is C[C@H](CNC(=O)[C@@H](C)OC(=O)c1cncc(Br)c1)c1ccccc1. The highest BCUT2D eigenvalue weighted by Gasteiger charge is 2.19. The third kappa shape index (κ3) is 5.16. The highest BCUT2D eigenvalue weighted by Crippen LogP contribution is 2.14. The molecule has 0 saturated heterocycles. The summed E-state index contributed by atoms with van der Waals surface area (Å²) in [5.74, 6) is -0.732. The molecule has 0 bridgehead atoms. The highest BCUT2D eigenvalue weighted by atomic mass is 79.9. The van der Waals surface area contributed by atoms with Crippen molar-refractivity contribution in [3.63, 3.8) is 0 Å². The number of amides is 1. The Morgan fingerprint density at radius 1 is 1.21 bits per heavy atom. The molecule has 2 aromatic rings. The van der Waals surface area contributed by atoms with Crippen LogP contribution in [0.15, 0.2) is 53.3 Å². The molecular weight excluding hydrogens is 372 g/mol. The summed E-state index contributed by atoms with van der Waals surface area (Å²) >= 11 is 3.24. The molecule has 24 heavy (non-hydrogen) atoms. The Balaban J connectivity index is 1.85. The summed E-state index contributed by atoms with van der Waals surface area (Å²) in [6.45, 7) is 4.05. The van der Waals surface area contributed by atoms with Gasteiger partial charge in [-0.25, -0.2) is 4.79 Å². The maximum absolute atomic E-state index is 12.1. The molecule has 1 heterocycles. The molecule has 0 aliphatic heterocycles. The molecule has 1 aromatic carbocycles. The van der Waals surface area contributed by atoms with Gasteiger partial charge in [-0.15, -0.1) is 0 Å². The van der Waals surface area contributed by atoms with Crippen LogP contribution in [0.4, 0.5) is 0 Å². The van der Waals surface area contributed by atoms with Crippen molar-refractivity contribution in [1.82, 2.24) is 10.3 Å². The van der Waals surface area contributed by atoms with Gasteiger partial charge in [-0.1, -0.05) is 37.3 Å². The van der Waals surface area contributed by atoms with Gasteiger partial charge < -0.3 is 10.1 Å². The average Bonchev–Trinajstić information content (AvgIpc) is 2.60. The van der Waals surface area contributed by atoms with E-state index in [0.717, 1.165) is 5.56 Å². The maximum Gasteiger partial charge on any atom is 0.340 e. The molecule has 2 rings (SSSR count). The Morgan fingerprint density at radius 3 is 2.58 bits per heavy atom. The van der Waals surface area contributed by atoms with Gasteiger partial charge in [0.15, 0.2) is 6.10 Å². The van der Waals surface area contributed by atoms with Crippen LogP contribution in [0.2, 0.25) is 0 Å². The Hall–Kier alpha value is -2.21. The zero-order chi connectivity index (χ0) is 17.5. The van der Waals surface area contributed by atoms with E-state index in [2.05, 4.69) is 26.2 Å². The molecule has 1 N–H and O–H groups in total. The summed E-state index contributed by atoms with van der Waals surface area (Å²) in [6, 6.07) is 11.5. The number of hydrogen-bond acceptors (Lipinski definition) is 4. The van der Waals surface area contributed by atoms with Gasteiger partial charge in [0.25, 0.3) is 5.91 Å². The second-order valence-corrected chi connectivity index (χ2v) is 6.41. The standard InChI is InChI=1S/C18H19BrN2O3/c1-12(14-6-4-3-5-7-14)9-21-17(22)13(2)24-18(23)15-8-16(19)11-20-10-15/h3-8,10-13H,9H2,1-2H3,(H,21,22)/t12-,13-/m1/s1. The van der Waals surface area contributed by atoms with Crippen molar-refractivity contribution >= 4 is 27.8 Å². The van der Waals surface area contributed by atoms with Gasteiger partial charge in [0, 0.05) is 23.4 Å². The summed E-state index contributed by atoms with van der Waals surface area (Å²) in [5.41, 5.74) is 1.43. The summed E-state index contributed by atoms with van der Waals surface area (Å²) < 4.78 is 5.85. The molecule has 126 valence electrons. The predicted molar refractivity (Wildman–Crippen MR) is 94.7 cm³/mol. The normalized spacial score (nSPS) is 13.0. The lowest BCUT2D eigenvalue weighted by Crippen LogP contribution is -2.37. The van der Waals surface area contributed by atoms with Gasteiger partial charge in [-0.3, -0.25) is 9.78 Å². The van der Waals surface area contributed by atoms with E-state index >= 15 is 0 Å². The molecule has 0 radical (unpaired) electrons. The number of hydrogen-bond donors (Lipinski definition) is 1. The highest BCUT2D eigenvalue weighted by molar-refractivity contribution is 9.10. The largest absolute Gasteiger partial charge is 0.449 e. The molecule has 0 saturated carbocycles. The molecule has 0 spiro atoms. The quantitative estimate of drug-likeness (QED) is 0.768. The van der Waals surface area contributed by atoms with E-state index in [1.54, 1.807) is 19.2 Å². The molecule has 5 nitrogen and oxygen atoms in total. The van der Waals surface area contributed by atoms with E-state index in [-0.39, 0.29) is 11.8 Å². The van der Waals surface area contributed by atoms with E-state index in [0.29, 0.717) is 16.6 Å². The van der Waals surface area contributed by atoms with Gasteiger partial charge in [0.2, 0.25) is 0 Å². The fourth-order valence-electron chi connectivity index (χ4n) is 2.10. The zero-order valence-corrected chi connectivity index (χ0v) is 15.1. The van der Waals surface area contributed by atoms with E-state index < -0.39 is 12.1 Å². The Morgan fingerprint density at radius 2 is 1.92 bits per heavy atom. The van der Waals surface area contributed by atoms with E-state index in [9.17, 15) is 9.59 Å². The van der Waals surface area contributed by atoms with Crippen LogP contribution in [0.3, 0.4) is 0 Å². The minimum absolute atomic E-state index is 0.173. The number of esters is 1. The van der Waals surface area contributed by atoms with Crippen molar-refractivity contribution in [3.05, 3.63) is 64.4 Å². The first-order valence-corrected chi connectivity index (χ1v) is 8.41. The minimum atomic E-state index is -0.876. The number of nitrogens with zero attached hydrogens (tertiary/aromatic N) is 1. The first kappa shape index (κ1) is 18.1. The van der Waals surface area contributed by atoms with Crippen LogP contribution in [0.5, 0.6) is 0 Å². The molecule has 1 aromatic heterocycles. The number of rotatable bonds is 6. The lowest BCUT2D eigenvalue weighted by Gasteiger charge is -2.16. The van der Waals surface area contributed by atoms with Gasteiger partial charge in [0.1, 0.15) is 0 Å². The number of halogens is 1. The number of benzene rings is 1. The monoisotopic (exact) mass is 390 g/mol. The van der Waals surface area contributed by atoms with E-state index in [4.69, 9.17) is 4.74 Å². The third-order valence-corrected chi connectivity index (χ3v) is 3.98. The number of nitrogens with one attached hydrogen (secondary N) is 1. The molecule has 0 unspecified atom stereocenters. The maximum atomic E-state index is 12.1. The zero-order valence-electron chi connectivity index (χ0n) is 13.5. The van der Waals surface area contributed by atoms with Crippen LogP contribution in [0, 0.1) is 0 Å². The molecule has 2 atom stereocenters. The van der Waals surface area contributed by atoms with Crippen molar-refractivity contribution < 1.29 is 14.3 Å². The first-order chi connectivity index (χ1) is 11.5. The Labute approximate surface area is 149 Å². The third-order valence-electron chi connectivity index (χ3n) is 3.54. The second-order valence-electron chi connectivity index (χ2n) is 5.50. The molecule has 0 aliphatic carbocycles. The number of aromatic nitrogens is 1. The molecular formula is C18H19BrN2O3. The van der Waals surface area contributed by atoms with Crippen LogP contribution in [-0.4, -0.2) is 29.5 Å². The minimum Gasteiger partial charge on any atom is -0.449 e. The van der Waals surface area contributed by atoms with Crippen LogP contribution in [-0.2, 0) is 9.53 Å². The summed E-state index contributed by atoms with van der Waals surface area (Å²) in [6.07, 6.45) is 2.09. The van der Waals surface area contributed by atoms with Crippen molar-refractivity contribution in [1.29, 1.82) is 0 Å². The summed E-state index contributed by atoms with van der Waals surface area (Å²) in [5, 5.41) is 2.81. The smallest absolute Gasteiger partial charge is 0.340 e. The van der Waals surface area contributed by atoms with Crippen LogP contribution >= 0.6 is 15.9 Å². The van der Waals surface area contributed by atoms with Gasteiger partial charge in [-0.05, 0) is 40.4 Å². The number of pyridine rings is 1. The lowest BCUT2D eigenvalue weighted by molar-refractivity contribution is -0.129. The first-order valence-electron chi connectivity index (χ1n) is 7.61. The molecule has 1 amide bonds. The summed E-state index contributed by atoms with van der Waals surface area (Å²) in [7, 11) is 0. The molecule has 6 heteroatoms.